The summed E-state index contributed by atoms with van der Waals surface area (Å²) in [4.78, 5) is 23.6. The summed E-state index contributed by atoms with van der Waals surface area (Å²) in [7, 11) is 0. The molecule has 1 aromatic heterocycles. The molecule has 0 saturated carbocycles. The van der Waals surface area contributed by atoms with Crippen LogP contribution in [0.25, 0.3) is 0 Å². The number of amides is 1. The maximum absolute atomic E-state index is 12.3. The predicted molar refractivity (Wildman–Crippen MR) is 84.0 cm³/mol. The number of aromatic nitrogens is 2. The first kappa shape index (κ1) is 14.5. The van der Waals surface area contributed by atoms with E-state index in [1.807, 2.05) is 24.3 Å². The van der Waals surface area contributed by atoms with E-state index in [4.69, 9.17) is 0 Å². The van der Waals surface area contributed by atoms with Crippen molar-refractivity contribution < 1.29 is 4.79 Å². The van der Waals surface area contributed by atoms with Crippen molar-refractivity contribution in [3.8, 4) is 0 Å². The van der Waals surface area contributed by atoms with Gasteiger partial charge in [0.2, 0.25) is 0 Å². The Bertz CT molecular complexity index is 734. The summed E-state index contributed by atoms with van der Waals surface area (Å²) < 4.78 is 0. The molecule has 5 nitrogen and oxygen atoms in total. The van der Waals surface area contributed by atoms with Crippen LogP contribution in [0.4, 0.5) is 0 Å². The molecule has 1 atom stereocenters. The molecule has 0 bridgehead atoms. The first-order valence-electron chi connectivity index (χ1n) is 7.63. The van der Waals surface area contributed by atoms with E-state index >= 15 is 0 Å². The molecule has 1 aliphatic rings. The molecule has 114 valence electrons. The maximum Gasteiger partial charge on any atom is 0.264 e. The molecule has 0 saturated heterocycles. The summed E-state index contributed by atoms with van der Waals surface area (Å²) in [6.45, 7) is 2.09. The fourth-order valence-electron chi connectivity index (χ4n) is 2.82. The summed E-state index contributed by atoms with van der Waals surface area (Å²) in [5.41, 5.74) is 3.56. The Morgan fingerprint density at radius 1 is 1.36 bits per heavy atom. The van der Waals surface area contributed by atoms with Crippen LogP contribution in [-0.4, -0.2) is 22.1 Å². The number of carbonyl (C=O) groups is 1. The highest BCUT2D eigenvalue weighted by molar-refractivity contribution is 5.94. The van der Waals surface area contributed by atoms with Crippen molar-refractivity contribution in [2.24, 2.45) is 0 Å². The molecule has 1 aliphatic carbocycles. The number of nitrogens with zero attached hydrogens (tertiary/aromatic N) is 1. The molecule has 1 aromatic carbocycles. The number of hydrogen-bond donors (Lipinski definition) is 2. The van der Waals surface area contributed by atoms with Gasteiger partial charge >= 0.3 is 0 Å². The Hall–Kier alpha value is -2.43. The van der Waals surface area contributed by atoms with E-state index in [2.05, 4.69) is 22.4 Å². The van der Waals surface area contributed by atoms with Crippen LogP contribution in [0.2, 0.25) is 0 Å². The number of hydrogen-bond acceptors (Lipinski definition) is 3. The zero-order valence-corrected chi connectivity index (χ0v) is 12.6. The number of carbonyl (C=O) groups excluding carboxylic acids is 1. The molecule has 5 heteroatoms. The van der Waals surface area contributed by atoms with Gasteiger partial charge in [-0.05, 0) is 48.9 Å². The Morgan fingerprint density at radius 3 is 2.86 bits per heavy atom. The zero-order valence-electron chi connectivity index (χ0n) is 12.6. The summed E-state index contributed by atoms with van der Waals surface area (Å²) in [6.07, 6.45) is 3.23. The van der Waals surface area contributed by atoms with Crippen LogP contribution in [0.1, 0.15) is 40.5 Å². The molecule has 0 unspecified atom stereocenters. The Kier molecular flexibility index (Phi) is 4.04. The lowest BCUT2D eigenvalue weighted by atomic mass is 9.92. The minimum atomic E-state index is -0.194. The van der Waals surface area contributed by atoms with Gasteiger partial charge in [-0.1, -0.05) is 19.1 Å². The van der Waals surface area contributed by atoms with Crippen molar-refractivity contribution in [2.45, 2.75) is 38.6 Å². The summed E-state index contributed by atoms with van der Waals surface area (Å²) in [5.74, 6) is -0.0612. The third-order valence-corrected chi connectivity index (χ3v) is 4.13. The van der Waals surface area contributed by atoms with Gasteiger partial charge in [0, 0.05) is 17.7 Å². The molecule has 2 N–H and O–H groups in total. The fourth-order valence-corrected chi connectivity index (χ4v) is 2.82. The highest BCUT2D eigenvalue weighted by Crippen LogP contribution is 2.18. The summed E-state index contributed by atoms with van der Waals surface area (Å²) >= 11 is 0. The van der Waals surface area contributed by atoms with Gasteiger partial charge in [0.1, 0.15) is 0 Å². The monoisotopic (exact) mass is 297 g/mol. The molecule has 22 heavy (non-hydrogen) atoms. The van der Waals surface area contributed by atoms with Crippen molar-refractivity contribution >= 4 is 5.91 Å². The van der Waals surface area contributed by atoms with Crippen LogP contribution in [0.3, 0.4) is 0 Å². The van der Waals surface area contributed by atoms with Crippen LogP contribution in [0, 0.1) is 0 Å². The standard InChI is InChI=1S/C17H19N3O2/c1-2-11-3-5-12(6-4-11)17(22)18-14-7-8-15-13(9-14)10-16(21)20-19-15/h3-6,10,14H,2,7-9H2,1H3,(H,18,22)(H,20,21)/t14-/m0/s1. The van der Waals surface area contributed by atoms with Gasteiger partial charge in [-0.2, -0.15) is 5.10 Å². The Morgan fingerprint density at radius 2 is 2.14 bits per heavy atom. The van der Waals surface area contributed by atoms with Gasteiger partial charge in [-0.3, -0.25) is 9.59 Å². The molecule has 0 radical (unpaired) electrons. The van der Waals surface area contributed by atoms with Gasteiger partial charge in [0.05, 0.1) is 5.69 Å². The normalized spacial score (nSPS) is 16.9. The van der Waals surface area contributed by atoms with Gasteiger partial charge in [0.25, 0.3) is 11.5 Å². The molecular weight excluding hydrogens is 278 g/mol. The van der Waals surface area contributed by atoms with Gasteiger partial charge in [-0.25, -0.2) is 5.10 Å². The van der Waals surface area contributed by atoms with E-state index in [9.17, 15) is 9.59 Å². The maximum atomic E-state index is 12.3. The van der Waals surface area contributed by atoms with E-state index in [0.717, 1.165) is 30.5 Å². The number of H-pyrrole nitrogens is 1. The van der Waals surface area contributed by atoms with Crippen LogP contribution < -0.4 is 10.9 Å². The molecular formula is C17H19N3O2. The second-order valence-electron chi connectivity index (χ2n) is 5.67. The lowest BCUT2D eigenvalue weighted by Gasteiger charge is -2.24. The summed E-state index contributed by atoms with van der Waals surface area (Å²) in [6, 6.07) is 9.31. The van der Waals surface area contributed by atoms with E-state index < -0.39 is 0 Å². The van der Waals surface area contributed by atoms with Crippen LogP contribution in [0.15, 0.2) is 35.1 Å². The SMILES string of the molecule is CCc1ccc(C(=O)N[C@H]2CCc3n[nH]c(=O)cc3C2)cc1. The number of nitrogens with one attached hydrogen (secondary N) is 2. The van der Waals surface area contributed by atoms with E-state index in [-0.39, 0.29) is 17.5 Å². The third-order valence-electron chi connectivity index (χ3n) is 4.13. The van der Waals surface area contributed by atoms with Crippen molar-refractivity contribution in [3.05, 3.63) is 63.1 Å². The second kappa shape index (κ2) is 6.13. The Labute approximate surface area is 128 Å². The van der Waals surface area contributed by atoms with Gasteiger partial charge in [-0.15, -0.1) is 0 Å². The van der Waals surface area contributed by atoms with Gasteiger partial charge < -0.3 is 5.32 Å². The number of rotatable bonds is 3. The smallest absolute Gasteiger partial charge is 0.264 e. The predicted octanol–water partition coefficient (Wildman–Crippen LogP) is 1.62. The van der Waals surface area contributed by atoms with Crippen molar-refractivity contribution in [1.29, 1.82) is 0 Å². The number of fused-ring (bicyclic) bond motifs is 1. The molecule has 3 rings (SSSR count). The Balaban J connectivity index is 1.68. The first-order valence-corrected chi connectivity index (χ1v) is 7.63. The van der Waals surface area contributed by atoms with Crippen LogP contribution >= 0.6 is 0 Å². The molecule has 0 fully saturated rings. The molecule has 2 aromatic rings. The number of benzene rings is 1. The largest absolute Gasteiger partial charge is 0.349 e. The second-order valence-corrected chi connectivity index (χ2v) is 5.67. The van der Waals surface area contributed by atoms with Gasteiger partial charge in [0.15, 0.2) is 0 Å². The molecule has 1 amide bonds. The van der Waals surface area contributed by atoms with E-state index in [0.29, 0.717) is 12.0 Å². The number of aryl methyl sites for hydroxylation is 2. The lowest BCUT2D eigenvalue weighted by molar-refractivity contribution is 0.0933. The first-order chi connectivity index (χ1) is 10.7. The average Bonchev–Trinajstić information content (AvgIpc) is 2.54. The third kappa shape index (κ3) is 3.08. The van der Waals surface area contributed by atoms with Crippen LogP contribution in [0.5, 0.6) is 0 Å². The highest BCUT2D eigenvalue weighted by Gasteiger charge is 2.22. The van der Waals surface area contributed by atoms with Crippen molar-refractivity contribution in [3.63, 3.8) is 0 Å². The minimum absolute atomic E-state index is 0.0504. The number of aromatic amines is 1. The van der Waals surface area contributed by atoms with Crippen LogP contribution in [-0.2, 0) is 19.3 Å². The van der Waals surface area contributed by atoms with E-state index in [1.165, 1.54) is 5.56 Å². The van der Waals surface area contributed by atoms with Crippen molar-refractivity contribution in [2.75, 3.05) is 0 Å². The lowest BCUT2D eigenvalue weighted by Crippen LogP contribution is -2.39. The highest BCUT2D eigenvalue weighted by atomic mass is 16.1. The molecule has 0 aliphatic heterocycles. The van der Waals surface area contributed by atoms with E-state index in [1.54, 1.807) is 6.07 Å². The zero-order chi connectivity index (χ0) is 15.5. The summed E-state index contributed by atoms with van der Waals surface area (Å²) in [5, 5.41) is 9.57. The minimum Gasteiger partial charge on any atom is -0.349 e. The quantitative estimate of drug-likeness (QED) is 0.904. The fraction of sp³-hybridized carbons (Fsp3) is 0.353. The molecule has 1 heterocycles. The average molecular weight is 297 g/mol. The topological polar surface area (TPSA) is 74.8 Å². The van der Waals surface area contributed by atoms with Crippen molar-refractivity contribution in [1.82, 2.24) is 15.5 Å². The molecule has 0 spiro atoms.